The molecule has 114 valence electrons. The van der Waals surface area contributed by atoms with Gasteiger partial charge in [-0.25, -0.2) is 13.2 Å². The summed E-state index contributed by atoms with van der Waals surface area (Å²) in [6, 6.07) is 1.69. The van der Waals surface area contributed by atoms with E-state index in [9.17, 15) is 13.2 Å². The van der Waals surface area contributed by atoms with Crippen LogP contribution in [-0.4, -0.2) is 0 Å². The summed E-state index contributed by atoms with van der Waals surface area (Å²) in [6.07, 6.45) is 1.56. The second kappa shape index (κ2) is 5.79. The van der Waals surface area contributed by atoms with Crippen LogP contribution in [-0.2, 0) is 0 Å². The lowest BCUT2D eigenvalue weighted by Crippen LogP contribution is -2.27. The molecule has 0 aromatic heterocycles. The molecule has 0 aliphatic rings. The van der Waals surface area contributed by atoms with E-state index in [0.717, 1.165) is 18.9 Å². The van der Waals surface area contributed by atoms with Gasteiger partial charge in [0.25, 0.3) is 0 Å². The zero-order valence-corrected chi connectivity index (χ0v) is 13.3. The van der Waals surface area contributed by atoms with Crippen LogP contribution in [0, 0.1) is 28.3 Å². The fourth-order valence-corrected chi connectivity index (χ4v) is 2.47. The summed E-state index contributed by atoms with van der Waals surface area (Å²) in [5.74, 6) is -2.91. The summed E-state index contributed by atoms with van der Waals surface area (Å²) in [6.45, 7) is 12.3. The Morgan fingerprint density at radius 1 is 0.900 bits per heavy atom. The molecule has 3 heteroatoms. The van der Waals surface area contributed by atoms with Gasteiger partial charge in [0.2, 0.25) is 0 Å². The van der Waals surface area contributed by atoms with Crippen LogP contribution in [0.25, 0.3) is 0 Å². The first kappa shape index (κ1) is 17.1. The molecule has 0 spiro atoms. The summed E-state index contributed by atoms with van der Waals surface area (Å²) in [5.41, 5.74) is 0.0814. The number of benzene rings is 1. The van der Waals surface area contributed by atoms with Crippen molar-refractivity contribution in [1.82, 2.24) is 0 Å². The molecule has 1 rings (SSSR count). The Balaban J connectivity index is 3.34. The van der Waals surface area contributed by atoms with Crippen LogP contribution in [0.15, 0.2) is 12.1 Å². The molecular formula is C17H25F3. The van der Waals surface area contributed by atoms with Crippen LogP contribution in [0.3, 0.4) is 0 Å². The first-order valence-corrected chi connectivity index (χ1v) is 7.12. The summed E-state index contributed by atoms with van der Waals surface area (Å²) in [5, 5.41) is 0. The van der Waals surface area contributed by atoms with E-state index in [1.54, 1.807) is 0 Å². The predicted molar refractivity (Wildman–Crippen MR) is 77.2 cm³/mol. The van der Waals surface area contributed by atoms with Gasteiger partial charge in [-0.2, -0.15) is 0 Å². The quantitative estimate of drug-likeness (QED) is 0.590. The van der Waals surface area contributed by atoms with Crippen molar-refractivity contribution in [2.45, 2.75) is 60.3 Å². The molecule has 0 bridgehead atoms. The molecule has 0 saturated carbocycles. The predicted octanol–water partition coefficient (Wildman–Crippen LogP) is 6.06. The normalized spacial score (nSPS) is 14.4. The van der Waals surface area contributed by atoms with Gasteiger partial charge in [-0.3, -0.25) is 0 Å². The molecular weight excluding hydrogens is 261 g/mol. The van der Waals surface area contributed by atoms with E-state index in [1.165, 1.54) is 0 Å². The lowest BCUT2D eigenvalue weighted by atomic mass is 9.67. The average Bonchev–Trinajstić information content (AvgIpc) is 2.30. The second-order valence-electron chi connectivity index (χ2n) is 7.45. The molecule has 1 unspecified atom stereocenters. The summed E-state index contributed by atoms with van der Waals surface area (Å²) < 4.78 is 40.7. The molecule has 1 aromatic rings. The van der Waals surface area contributed by atoms with Gasteiger partial charge in [-0.1, -0.05) is 48.0 Å². The molecule has 0 amide bonds. The molecule has 0 aliphatic carbocycles. The van der Waals surface area contributed by atoms with Crippen LogP contribution < -0.4 is 0 Å². The maximum atomic E-state index is 14.1. The highest BCUT2D eigenvalue weighted by atomic mass is 19.2. The van der Waals surface area contributed by atoms with Gasteiger partial charge in [0, 0.05) is 6.07 Å². The van der Waals surface area contributed by atoms with Crippen molar-refractivity contribution in [1.29, 1.82) is 0 Å². The third kappa shape index (κ3) is 4.00. The Bertz CT molecular complexity index is 470. The molecule has 0 N–H and O–H groups in total. The van der Waals surface area contributed by atoms with Crippen LogP contribution in [0.4, 0.5) is 13.2 Å². The van der Waals surface area contributed by atoms with E-state index < -0.39 is 17.5 Å². The third-order valence-corrected chi connectivity index (χ3v) is 4.09. The lowest BCUT2D eigenvalue weighted by molar-refractivity contribution is 0.199. The number of halogens is 3. The highest BCUT2D eigenvalue weighted by molar-refractivity contribution is 5.26. The number of rotatable bonds is 4. The van der Waals surface area contributed by atoms with E-state index in [0.29, 0.717) is 6.07 Å². The molecule has 1 atom stereocenters. The van der Waals surface area contributed by atoms with E-state index in [4.69, 9.17) is 0 Å². The van der Waals surface area contributed by atoms with Gasteiger partial charge in [0.05, 0.1) is 0 Å². The van der Waals surface area contributed by atoms with Crippen LogP contribution in [0.1, 0.15) is 65.9 Å². The summed E-state index contributed by atoms with van der Waals surface area (Å²) in [7, 11) is 0. The molecule has 1 aromatic carbocycles. The molecule has 0 nitrogen and oxygen atoms in total. The van der Waals surface area contributed by atoms with E-state index in [-0.39, 0.29) is 22.3 Å². The standard InChI is InChI=1S/C17H25F3/c1-7-17(5,6)12(10-16(2,3)4)11-8-14(19)15(20)9-13(11)18/h8-9,12H,7,10H2,1-6H3. The number of hydrogen-bond acceptors (Lipinski definition) is 0. The molecule has 0 radical (unpaired) electrons. The van der Waals surface area contributed by atoms with Gasteiger partial charge in [-0.05, 0) is 34.8 Å². The zero-order chi connectivity index (χ0) is 15.7. The fourth-order valence-electron chi connectivity index (χ4n) is 2.47. The van der Waals surface area contributed by atoms with Crippen molar-refractivity contribution in [3.05, 3.63) is 35.1 Å². The van der Waals surface area contributed by atoms with Crippen LogP contribution in [0.5, 0.6) is 0 Å². The SMILES string of the molecule is CCC(C)(C)C(CC(C)(C)C)c1cc(F)c(F)cc1F. The maximum Gasteiger partial charge on any atom is 0.161 e. The van der Waals surface area contributed by atoms with Gasteiger partial charge >= 0.3 is 0 Å². The minimum atomic E-state index is -1.13. The van der Waals surface area contributed by atoms with Crippen molar-refractivity contribution in [2.24, 2.45) is 10.8 Å². The van der Waals surface area contributed by atoms with Gasteiger partial charge < -0.3 is 0 Å². The zero-order valence-electron chi connectivity index (χ0n) is 13.3. The molecule has 0 saturated heterocycles. The monoisotopic (exact) mass is 286 g/mol. The Labute approximate surface area is 120 Å². The summed E-state index contributed by atoms with van der Waals surface area (Å²) in [4.78, 5) is 0. The van der Waals surface area contributed by atoms with Crippen LogP contribution in [0.2, 0.25) is 0 Å². The maximum absolute atomic E-state index is 14.1. The second-order valence-corrected chi connectivity index (χ2v) is 7.45. The number of hydrogen-bond donors (Lipinski definition) is 0. The fraction of sp³-hybridized carbons (Fsp3) is 0.647. The van der Waals surface area contributed by atoms with Crippen molar-refractivity contribution < 1.29 is 13.2 Å². The Morgan fingerprint density at radius 3 is 1.85 bits per heavy atom. The van der Waals surface area contributed by atoms with Gasteiger partial charge in [0.1, 0.15) is 5.82 Å². The molecule has 0 fully saturated rings. The van der Waals surface area contributed by atoms with E-state index in [1.807, 2.05) is 20.8 Å². The Hall–Kier alpha value is -0.990. The van der Waals surface area contributed by atoms with E-state index >= 15 is 0 Å². The minimum absolute atomic E-state index is 0.0194. The van der Waals surface area contributed by atoms with Crippen molar-refractivity contribution >= 4 is 0 Å². The third-order valence-electron chi connectivity index (χ3n) is 4.09. The highest BCUT2D eigenvalue weighted by Crippen LogP contribution is 2.46. The molecule has 0 aliphatic heterocycles. The van der Waals surface area contributed by atoms with Crippen molar-refractivity contribution in [2.75, 3.05) is 0 Å². The summed E-state index contributed by atoms with van der Waals surface area (Å²) >= 11 is 0. The first-order chi connectivity index (χ1) is 8.98. The Kier molecular flexibility index (Phi) is 4.94. The topological polar surface area (TPSA) is 0 Å². The molecule has 0 heterocycles. The smallest absolute Gasteiger partial charge is 0.161 e. The van der Waals surface area contributed by atoms with Gasteiger partial charge in [0.15, 0.2) is 11.6 Å². The minimum Gasteiger partial charge on any atom is -0.207 e. The first-order valence-electron chi connectivity index (χ1n) is 7.12. The van der Waals surface area contributed by atoms with E-state index in [2.05, 4.69) is 20.8 Å². The van der Waals surface area contributed by atoms with Crippen molar-refractivity contribution in [3.63, 3.8) is 0 Å². The van der Waals surface area contributed by atoms with Crippen molar-refractivity contribution in [3.8, 4) is 0 Å². The highest BCUT2D eigenvalue weighted by Gasteiger charge is 2.34. The Morgan fingerprint density at radius 2 is 1.40 bits per heavy atom. The van der Waals surface area contributed by atoms with Gasteiger partial charge in [-0.15, -0.1) is 0 Å². The largest absolute Gasteiger partial charge is 0.207 e. The van der Waals surface area contributed by atoms with Crippen LogP contribution >= 0.6 is 0 Å². The lowest BCUT2D eigenvalue weighted by Gasteiger charge is -2.38. The molecule has 20 heavy (non-hydrogen) atoms. The average molecular weight is 286 g/mol.